The van der Waals surface area contributed by atoms with Crippen LogP contribution in [-0.4, -0.2) is 38.4 Å². The lowest BCUT2D eigenvalue weighted by atomic mass is 9.83. The van der Waals surface area contributed by atoms with Crippen molar-refractivity contribution >= 4 is 29.0 Å². The average Bonchev–Trinajstić information content (AvgIpc) is 2.81. The molecule has 172 valence electrons. The molecular formula is C26H28ClN3O3. The molecule has 6 nitrogen and oxygen atoms in total. The maximum atomic E-state index is 11.6. The maximum absolute atomic E-state index is 11.6. The van der Waals surface area contributed by atoms with Crippen molar-refractivity contribution in [2.45, 2.75) is 38.6 Å². The number of carbonyl (C=O) groups is 1. The monoisotopic (exact) mass is 465 g/mol. The molecule has 3 aromatic rings. The van der Waals surface area contributed by atoms with Gasteiger partial charge in [0.25, 0.3) is 0 Å². The van der Waals surface area contributed by atoms with Crippen molar-refractivity contribution in [1.82, 2.24) is 4.98 Å². The van der Waals surface area contributed by atoms with E-state index in [0.717, 1.165) is 27.9 Å². The van der Waals surface area contributed by atoms with Crippen LogP contribution in [0.15, 0.2) is 72.0 Å². The number of alkyl halides is 1. The summed E-state index contributed by atoms with van der Waals surface area (Å²) in [6.07, 6.45) is 2.18. The predicted octanol–water partition coefficient (Wildman–Crippen LogP) is 5.59. The third kappa shape index (κ3) is 5.71. The summed E-state index contributed by atoms with van der Waals surface area (Å²) < 4.78 is 0. The quantitative estimate of drug-likeness (QED) is 0.166. The summed E-state index contributed by atoms with van der Waals surface area (Å²) in [5.74, 6) is -1.16. The zero-order chi connectivity index (χ0) is 24.0. The Balaban J connectivity index is 1.97. The van der Waals surface area contributed by atoms with Crippen LogP contribution in [0.25, 0.3) is 0 Å². The van der Waals surface area contributed by atoms with E-state index >= 15 is 0 Å². The molecule has 0 aliphatic heterocycles. The van der Waals surface area contributed by atoms with Crippen LogP contribution in [-0.2, 0) is 4.79 Å². The second-order valence-corrected chi connectivity index (χ2v) is 8.63. The van der Waals surface area contributed by atoms with E-state index in [9.17, 15) is 15.1 Å². The van der Waals surface area contributed by atoms with Crippen molar-refractivity contribution < 1.29 is 15.1 Å². The summed E-state index contributed by atoms with van der Waals surface area (Å²) in [7, 11) is 0. The molecule has 2 aromatic carbocycles. The number of nitrogens with one attached hydrogen (secondary N) is 1. The molecular weight excluding hydrogens is 438 g/mol. The molecule has 0 aliphatic carbocycles. The van der Waals surface area contributed by atoms with Gasteiger partial charge in [-0.1, -0.05) is 41.6 Å². The number of aliphatic carboxylic acids is 1. The molecule has 0 saturated heterocycles. The van der Waals surface area contributed by atoms with Crippen molar-refractivity contribution in [3.63, 3.8) is 0 Å². The summed E-state index contributed by atoms with van der Waals surface area (Å²) in [6.45, 7) is 5.51. The Bertz CT molecular complexity index is 1150. The SMILES string of the molecule is Cc1cc(C(C[C@H](c2ccc(NC(C)(CCl)C(=O)O)cc2)c2ccccc2C)=NO)ccn1. The highest BCUT2D eigenvalue weighted by atomic mass is 35.5. The fraction of sp³-hybridized carbons (Fsp3) is 0.269. The van der Waals surface area contributed by atoms with Gasteiger partial charge < -0.3 is 15.6 Å². The smallest absolute Gasteiger partial charge is 0.330 e. The summed E-state index contributed by atoms with van der Waals surface area (Å²) in [4.78, 5) is 15.8. The van der Waals surface area contributed by atoms with Crippen LogP contribution in [0.4, 0.5) is 5.69 Å². The Morgan fingerprint density at radius 1 is 1.15 bits per heavy atom. The number of carboxylic acid groups (broad SMARTS) is 1. The number of hydrogen-bond donors (Lipinski definition) is 3. The predicted molar refractivity (Wildman–Crippen MR) is 132 cm³/mol. The Morgan fingerprint density at radius 2 is 1.85 bits per heavy atom. The third-order valence-corrected chi connectivity index (χ3v) is 6.32. The van der Waals surface area contributed by atoms with Gasteiger partial charge in [0.1, 0.15) is 5.54 Å². The minimum atomic E-state index is -1.27. The topological polar surface area (TPSA) is 94.8 Å². The molecule has 33 heavy (non-hydrogen) atoms. The Labute approximate surface area is 199 Å². The Hall–Kier alpha value is -3.38. The van der Waals surface area contributed by atoms with Gasteiger partial charge >= 0.3 is 5.97 Å². The molecule has 0 spiro atoms. The minimum Gasteiger partial charge on any atom is -0.479 e. The molecule has 0 fully saturated rings. The molecule has 1 aromatic heterocycles. The van der Waals surface area contributed by atoms with Gasteiger partial charge in [0, 0.05) is 35.5 Å². The van der Waals surface area contributed by atoms with E-state index in [-0.39, 0.29) is 11.8 Å². The van der Waals surface area contributed by atoms with E-state index in [1.54, 1.807) is 13.1 Å². The number of oxime groups is 1. The van der Waals surface area contributed by atoms with Crippen molar-refractivity contribution in [2.75, 3.05) is 11.2 Å². The number of halogens is 1. The number of carboxylic acids is 1. The molecule has 0 amide bonds. The first-order valence-corrected chi connectivity index (χ1v) is 11.2. The Morgan fingerprint density at radius 3 is 2.42 bits per heavy atom. The van der Waals surface area contributed by atoms with Crippen LogP contribution in [0.2, 0.25) is 0 Å². The van der Waals surface area contributed by atoms with Gasteiger partial charge in [-0.05, 0) is 61.7 Å². The van der Waals surface area contributed by atoms with Crippen LogP contribution in [0.1, 0.15) is 47.2 Å². The van der Waals surface area contributed by atoms with Crippen molar-refractivity contribution in [2.24, 2.45) is 5.16 Å². The normalized spacial score (nSPS) is 14.4. The molecule has 0 bridgehead atoms. The van der Waals surface area contributed by atoms with E-state index in [1.165, 1.54) is 0 Å². The van der Waals surface area contributed by atoms with Crippen molar-refractivity contribution in [1.29, 1.82) is 0 Å². The highest BCUT2D eigenvalue weighted by Crippen LogP contribution is 2.33. The molecule has 0 saturated carbocycles. The fourth-order valence-corrected chi connectivity index (χ4v) is 3.96. The van der Waals surface area contributed by atoms with Crippen molar-refractivity contribution in [3.8, 4) is 0 Å². The lowest BCUT2D eigenvalue weighted by Crippen LogP contribution is -2.45. The van der Waals surface area contributed by atoms with Gasteiger partial charge in [-0.25, -0.2) is 4.79 Å². The van der Waals surface area contributed by atoms with Gasteiger partial charge in [-0.15, -0.1) is 11.6 Å². The van der Waals surface area contributed by atoms with Crippen molar-refractivity contribution in [3.05, 3.63) is 94.8 Å². The number of aryl methyl sites for hydroxylation is 2. The molecule has 7 heteroatoms. The maximum Gasteiger partial charge on any atom is 0.330 e. The zero-order valence-electron chi connectivity index (χ0n) is 18.9. The molecule has 3 N–H and O–H groups in total. The third-order valence-electron chi connectivity index (χ3n) is 5.78. The molecule has 0 radical (unpaired) electrons. The first kappa shape index (κ1) is 24.3. The average molecular weight is 466 g/mol. The van der Waals surface area contributed by atoms with Gasteiger partial charge in [-0.3, -0.25) is 4.98 Å². The number of hydrogen-bond acceptors (Lipinski definition) is 5. The lowest BCUT2D eigenvalue weighted by molar-refractivity contribution is -0.140. The van der Waals surface area contributed by atoms with Gasteiger partial charge in [0.15, 0.2) is 0 Å². The second-order valence-electron chi connectivity index (χ2n) is 8.36. The van der Waals surface area contributed by atoms with Crippen LogP contribution >= 0.6 is 11.6 Å². The van der Waals surface area contributed by atoms with Crippen LogP contribution in [0, 0.1) is 13.8 Å². The highest BCUT2D eigenvalue weighted by Gasteiger charge is 2.32. The van der Waals surface area contributed by atoms with Gasteiger partial charge in [0.2, 0.25) is 0 Å². The number of nitrogens with zero attached hydrogens (tertiary/aromatic N) is 2. The van der Waals surface area contributed by atoms with Crippen LogP contribution < -0.4 is 5.32 Å². The van der Waals surface area contributed by atoms with Gasteiger partial charge in [0.05, 0.1) is 11.6 Å². The van der Waals surface area contributed by atoms with E-state index in [2.05, 4.69) is 34.5 Å². The first-order chi connectivity index (χ1) is 15.8. The standard InChI is InChI=1S/C26H28ClN3O3/c1-17-6-4-5-7-22(17)23(15-24(30-33)20-12-13-28-18(2)14-20)19-8-10-21(11-9-19)29-26(3,16-27)25(31)32/h4-14,23,29,33H,15-16H2,1-3H3,(H,31,32)/t23-,26?/m1/s1. The molecule has 1 heterocycles. The highest BCUT2D eigenvalue weighted by molar-refractivity contribution is 6.20. The van der Waals surface area contributed by atoms with Crippen LogP contribution in [0.3, 0.4) is 0 Å². The molecule has 0 aliphatic rings. The Kier molecular flexibility index (Phi) is 7.71. The van der Waals surface area contributed by atoms with E-state index in [0.29, 0.717) is 17.8 Å². The lowest BCUT2D eigenvalue weighted by Gasteiger charge is -2.25. The largest absolute Gasteiger partial charge is 0.479 e. The van der Waals surface area contributed by atoms with E-state index in [4.69, 9.17) is 11.6 Å². The summed E-state index contributed by atoms with van der Waals surface area (Å²) >= 11 is 5.89. The summed E-state index contributed by atoms with van der Waals surface area (Å²) in [5, 5.41) is 25.9. The molecule has 2 atom stereocenters. The van der Waals surface area contributed by atoms with Crippen LogP contribution in [0.5, 0.6) is 0 Å². The van der Waals surface area contributed by atoms with Gasteiger partial charge in [-0.2, -0.15) is 0 Å². The minimum absolute atomic E-state index is 0.0708. The molecule has 1 unspecified atom stereocenters. The number of aromatic nitrogens is 1. The summed E-state index contributed by atoms with van der Waals surface area (Å²) in [6, 6.07) is 19.5. The van der Waals surface area contributed by atoms with E-state index < -0.39 is 11.5 Å². The first-order valence-electron chi connectivity index (χ1n) is 10.6. The molecule has 3 rings (SSSR count). The van der Waals surface area contributed by atoms with E-state index in [1.807, 2.05) is 55.5 Å². The number of anilines is 1. The number of pyridine rings is 1. The zero-order valence-corrected chi connectivity index (χ0v) is 19.7. The number of rotatable bonds is 9. The second kappa shape index (κ2) is 10.5. The summed E-state index contributed by atoms with van der Waals surface area (Å²) in [5.41, 5.74) is 4.90. The fourth-order valence-electron chi connectivity index (χ4n) is 3.78. The number of benzene rings is 2.